The highest BCUT2D eigenvalue weighted by Gasteiger charge is 2.05. The summed E-state index contributed by atoms with van der Waals surface area (Å²) in [7, 11) is 0. The number of carbonyl (C=O) groups excluding carboxylic acids is 1. The minimum absolute atomic E-state index is 0.0444. The van der Waals surface area contributed by atoms with E-state index >= 15 is 0 Å². The highest BCUT2D eigenvalue weighted by atomic mass is 16.5. The Hall–Kier alpha value is -1.35. The lowest BCUT2D eigenvalue weighted by molar-refractivity contribution is 0.0482. The van der Waals surface area contributed by atoms with Crippen molar-refractivity contribution in [2.24, 2.45) is 0 Å². The summed E-state index contributed by atoms with van der Waals surface area (Å²) in [5, 5.41) is 8.55. The number of aryl methyl sites for hydroxylation is 1. The lowest BCUT2D eigenvalue weighted by atomic mass is 10.1. The average Bonchev–Trinajstić information content (AvgIpc) is 2.30. The normalized spacial score (nSPS) is 10.1. The Bertz CT molecular complexity index is 316. The number of ether oxygens (including phenoxy) is 1. The molecule has 1 N–H and O–H groups in total. The SMILES string of the molecule is CCCc1ccc(C(=O)OCCCO)cc1. The zero-order chi connectivity index (χ0) is 11.8. The maximum Gasteiger partial charge on any atom is 0.338 e. The molecule has 0 aliphatic rings. The van der Waals surface area contributed by atoms with E-state index in [0.717, 1.165) is 12.8 Å². The highest BCUT2D eigenvalue weighted by molar-refractivity contribution is 5.89. The molecule has 0 radical (unpaired) electrons. The molecule has 0 amide bonds. The summed E-state index contributed by atoms with van der Waals surface area (Å²) in [6.45, 7) is 2.44. The Morgan fingerprint density at radius 2 is 2.00 bits per heavy atom. The van der Waals surface area contributed by atoms with Gasteiger partial charge in [-0.15, -0.1) is 0 Å². The topological polar surface area (TPSA) is 46.5 Å². The van der Waals surface area contributed by atoms with Gasteiger partial charge in [-0.3, -0.25) is 0 Å². The van der Waals surface area contributed by atoms with Crippen molar-refractivity contribution in [2.75, 3.05) is 13.2 Å². The molecule has 0 saturated carbocycles. The van der Waals surface area contributed by atoms with Crippen molar-refractivity contribution in [1.82, 2.24) is 0 Å². The van der Waals surface area contributed by atoms with Gasteiger partial charge in [0, 0.05) is 13.0 Å². The summed E-state index contributed by atoms with van der Waals surface area (Å²) in [5.74, 6) is -0.323. The monoisotopic (exact) mass is 222 g/mol. The number of esters is 1. The van der Waals surface area contributed by atoms with Gasteiger partial charge < -0.3 is 9.84 Å². The minimum Gasteiger partial charge on any atom is -0.462 e. The Morgan fingerprint density at radius 1 is 1.31 bits per heavy atom. The van der Waals surface area contributed by atoms with Crippen molar-refractivity contribution in [2.45, 2.75) is 26.2 Å². The second-order valence-electron chi connectivity index (χ2n) is 3.66. The van der Waals surface area contributed by atoms with Crippen LogP contribution in [0.2, 0.25) is 0 Å². The summed E-state index contributed by atoms with van der Waals surface area (Å²) in [6, 6.07) is 7.47. The molecule has 0 aliphatic heterocycles. The number of hydrogen-bond donors (Lipinski definition) is 1. The zero-order valence-corrected chi connectivity index (χ0v) is 9.61. The van der Waals surface area contributed by atoms with E-state index in [2.05, 4.69) is 6.92 Å². The Balaban J connectivity index is 2.49. The van der Waals surface area contributed by atoms with Crippen LogP contribution in [0.3, 0.4) is 0 Å². The lowest BCUT2D eigenvalue weighted by Crippen LogP contribution is -2.07. The van der Waals surface area contributed by atoms with Crippen LogP contribution in [0.4, 0.5) is 0 Å². The van der Waals surface area contributed by atoms with Crippen molar-refractivity contribution in [3.05, 3.63) is 35.4 Å². The van der Waals surface area contributed by atoms with E-state index in [1.165, 1.54) is 5.56 Å². The van der Waals surface area contributed by atoms with Gasteiger partial charge in [-0.1, -0.05) is 25.5 Å². The molecule has 16 heavy (non-hydrogen) atoms. The molecule has 0 fully saturated rings. The zero-order valence-electron chi connectivity index (χ0n) is 9.61. The van der Waals surface area contributed by atoms with E-state index in [-0.39, 0.29) is 19.2 Å². The van der Waals surface area contributed by atoms with Crippen LogP contribution in [0.25, 0.3) is 0 Å². The number of benzene rings is 1. The molecule has 0 bridgehead atoms. The van der Waals surface area contributed by atoms with E-state index in [0.29, 0.717) is 12.0 Å². The first kappa shape index (κ1) is 12.7. The van der Waals surface area contributed by atoms with Gasteiger partial charge in [0.05, 0.1) is 12.2 Å². The summed E-state index contributed by atoms with van der Waals surface area (Å²) in [5.41, 5.74) is 1.80. The fraction of sp³-hybridized carbons (Fsp3) is 0.462. The van der Waals surface area contributed by atoms with E-state index in [1.54, 1.807) is 12.1 Å². The van der Waals surface area contributed by atoms with Crippen molar-refractivity contribution >= 4 is 5.97 Å². The molecule has 0 atom stereocenters. The lowest BCUT2D eigenvalue weighted by Gasteiger charge is -2.04. The van der Waals surface area contributed by atoms with Crippen molar-refractivity contribution in [3.8, 4) is 0 Å². The number of rotatable bonds is 6. The van der Waals surface area contributed by atoms with Crippen molar-refractivity contribution in [1.29, 1.82) is 0 Å². The molecule has 3 heteroatoms. The van der Waals surface area contributed by atoms with E-state index < -0.39 is 0 Å². The molecule has 3 nitrogen and oxygen atoms in total. The van der Waals surface area contributed by atoms with Gasteiger partial charge in [0.2, 0.25) is 0 Å². The molecule has 0 unspecified atom stereocenters. The summed E-state index contributed by atoms with van der Waals surface area (Å²) in [6.07, 6.45) is 2.61. The molecule has 1 rings (SSSR count). The van der Waals surface area contributed by atoms with Gasteiger partial charge in [-0.25, -0.2) is 4.79 Å². The smallest absolute Gasteiger partial charge is 0.338 e. The number of aliphatic hydroxyl groups excluding tert-OH is 1. The van der Waals surface area contributed by atoms with Gasteiger partial charge in [-0.2, -0.15) is 0 Å². The molecule has 0 aromatic heterocycles. The van der Waals surface area contributed by atoms with E-state index in [1.807, 2.05) is 12.1 Å². The molecule has 0 heterocycles. The summed E-state index contributed by atoms with van der Waals surface area (Å²) < 4.78 is 4.97. The molecule has 1 aromatic carbocycles. The van der Waals surface area contributed by atoms with E-state index in [9.17, 15) is 4.79 Å². The molecule has 1 aromatic rings. The molecule has 0 spiro atoms. The first-order valence-corrected chi connectivity index (χ1v) is 5.65. The predicted molar refractivity (Wildman–Crippen MR) is 62.4 cm³/mol. The molecular formula is C13H18O3. The van der Waals surface area contributed by atoms with Gasteiger partial charge in [0.1, 0.15) is 0 Å². The van der Waals surface area contributed by atoms with Gasteiger partial charge in [0.25, 0.3) is 0 Å². The number of hydrogen-bond acceptors (Lipinski definition) is 3. The van der Waals surface area contributed by atoms with Gasteiger partial charge >= 0.3 is 5.97 Å². The highest BCUT2D eigenvalue weighted by Crippen LogP contribution is 2.08. The van der Waals surface area contributed by atoms with Crippen LogP contribution in [-0.2, 0) is 11.2 Å². The largest absolute Gasteiger partial charge is 0.462 e. The second kappa shape index (κ2) is 7.01. The Kier molecular flexibility index (Phi) is 5.57. The van der Waals surface area contributed by atoms with Crippen LogP contribution in [-0.4, -0.2) is 24.3 Å². The van der Waals surface area contributed by atoms with Gasteiger partial charge in [-0.05, 0) is 24.1 Å². The van der Waals surface area contributed by atoms with E-state index in [4.69, 9.17) is 9.84 Å². The minimum atomic E-state index is -0.323. The Labute approximate surface area is 96.1 Å². The maximum absolute atomic E-state index is 11.5. The van der Waals surface area contributed by atoms with Gasteiger partial charge in [0.15, 0.2) is 0 Å². The molecule has 88 valence electrons. The first-order valence-electron chi connectivity index (χ1n) is 5.65. The quantitative estimate of drug-likeness (QED) is 0.592. The maximum atomic E-state index is 11.5. The second-order valence-corrected chi connectivity index (χ2v) is 3.66. The average molecular weight is 222 g/mol. The van der Waals surface area contributed by atoms with Crippen LogP contribution in [0.1, 0.15) is 35.7 Å². The Morgan fingerprint density at radius 3 is 2.56 bits per heavy atom. The van der Waals surface area contributed by atoms with Crippen LogP contribution in [0.15, 0.2) is 24.3 Å². The fourth-order valence-electron chi connectivity index (χ4n) is 1.41. The van der Waals surface area contributed by atoms with Crippen molar-refractivity contribution in [3.63, 3.8) is 0 Å². The van der Waals surface area contributed by atoms with Crippen LogP contribution in [0, 0.1) is 0 Å². The van der Waals surface area contributed by atoms with Crippen LogP contribution < -0.4 is 0 Å². The third kappa shape index (κ3) is 4.03. The van der Waals surface area contributed by atoms with Crippen LogP contribution in [0.5, 0.6) is 0 Å². The van der Waals surface area contributed by atoms with Crippen molar-refractivity contribution < 1.29 is 14.6 Å². The number of aliphatic hydroxyl groups is 1. The summed E-state index contributed by atoms with van der Waals surface area (Å²) in [4.78, 5) is 11.5. The first-order chi connectivity index (χ1) is 7.77. The molecule has 0 saturated heterocycles. The fourth-order valence-corrected chi connectivity index (χ4v) is 1.41. The molecule has 0 aliphatic carbocycles. The third-order valence-corrected chi connectivity index (χ3v) is 2.26. The number of carbonyl (C=O) groups is 1. The summed E-state index contributed by atoms with van der Waals surface area (Å²) >= 11 is 0. The standard InChI is InChI=1S/C13H18O3/c1-2-4-11-5-7-12(8-6-11)13(15)16-10-3-9-14/h5-8,14H,2-4,9-10H2,1H3. The molecular weight excluding hydrogens is 204 g/mol. The van der Waals surface area contributed by atoms with Crippen LogP contribution >= 0.6 is 0 Å². The predicted octanol–water partition coefficient (Wildman–Crippen LogP) is 2.18. The third-order valence-electron chi connectivity index (χ3n) is 2.26.